The highest BCUT2D eigenvalue weighted by molar-refractivity contribution is 7.91. The standard InChI is InChI=1S/C12H17N5O2S/c13-8-4-5-9-17-11(14)12(15-16-17)20(18,19)10-6-2-1-3-7-10/h1-3,6-7H,4-5,8-9,13-14H2. The number of nitrogens with zero attached hydrogens (tertiary/aromatic N) is 3. The number of aryl methyl sites for hydroxylation is 1. The summed E-state index contributed by atoms with van der Waals surface area (Å²) in [5.41, 5.74) is 11.2. The smallest absolute Gasteiger partial charge is 0.229 e. The lowest BCUT2D eigenvalue weighted by atomic mass is 10.3. The number of anilines is 1. The summed E-state index contributed by atoms with van der Waals surface area (Å²) < 4.78 is 26.2. The Labute approximate surface area is 117 Å². The minimum absolute atomic E-state index is 0.0610. The van der Waals surface area contributed by atoms with E-state index in [1.54, 1.807) is 18.2 Å². The van der Waals surface area contributed by atoms with Gasteiger partial charge in [-0.05, 0) is 31.5 Å². The number of hydrogen-bond acceptors (Lipinski definition) is 6. The highest BCUT2D eigenvalue weighted by atomic mass is 32.2. The van der Waals surface area contributed by atoms with E-state index < -0.39 is 9.84 Å². The maximum absolute atomic E-state index is 12.4. The van der Waals surface area contributed by atoms with E-state index >= 15 is 0 Å². The molecule has 8 heteroatoms. The average molecular weight is 295 g/mol. The molecule has 1 aromatic heterocycles. The van der Waals surface area contributed by atoms with Crippen molar-refractivity contribution in [3.8, 4) is 0 Å². The Balaban J connectivity index is 2.30. The van der Waals surface area contributed by atoms with Gasteiger partial charge in [-0.15, -0.1) is 5.10 Å². The molecule has 1 heterocycles. The number of rotatable bonds is 6. The van der Waals surface area contributed by atoms with Crippen molar-refractivity contribution in [1.29, 1.82) is 0 Å². The quantitative estimate of drug-likeness (QED) is 0.746. The molecular weight excluding hydrogens is 278 g/mol. The Hall–Kier alpha value is -1.93. The number of sulfone groups is 1. The molecule has 0 bridgehead atoms. The van der Waals surface area contributed by atoms with Gasteiger partial charge in [0.15, 0.2) is 5.82 Å². The van der Waals surface area contributed by atoms with Gasteiger partial charge in [0.05, 0.1) is 4.90 Å². The van der Waals surface area contributed by atoms with Crippen molar-refractivity contribution in [2.24, 2.45) is 5.73 Å². The van der Waals surface area contributed by atoms with Gasteiger partial charge in [-0.1, -0.05) is 23.4 Å². The van der Waals surface area contributed by atoms with Gasteiger partial charge in [0.25, 0.3) is 0 Å². The predicted molar refractivity (Wildman–Crippen MR) is 74.6 cm³/mol. The molecule has 0 radical (unpaired) electrons. The fourth-order valence-corrected chi connectivity index (χ4v) is 3.04. The van der Waals surface area contributed by atoms with Crippen LogP contribution in [0.3, 0.4) is 0 Å². The molecule has 0 aliphatic rings. The molecule has 0 spiro atoms. The normalized spacial score (nSPS) is 11.7. The maximum atomic E-state index is 12.4. The predicted octanol–water partition coefficient (Wildman–Crippen LogP) is 0.432. The van der Waals surface area contributed by atoms with Crippen LogP contribution in [-0.4, -0.2) is 30.0 Å². The largest absolute Gasteiger partial charge is 0.381 e. The second-order valence-electron chi connectivity index (χ2n) is 4.32. The first kappa shape index (κ1) is 14.5. The van der Waals surface area contributed by atoms with E-state index in [4.69, 9.17) is 11.5 Å². The molecule has 0 unspecified atom stereocenters. The van der Waals surface area contributed by atoms with Crippen LogP contribution in [0.1, 0.15) is 12.8 Å². The van der Waals surface area contributed by atoms with Crippen molar-refractivity contribution in [3.63, 3.8) is 0 Å². The summed E-state index contributed by atoms with van der Waals surface area (Å²) >= 11 is 0. The molecule has 2 aromatic rings. The average Bonchev–Trinajstić information content (AvgIpc) is 2.82. The third-order valence-corrected chi connectivity index (χ3v) is 4.57. The van der Waals surface area contributed by atoms with Gasteiger partial charge in [-0.25, -0.2) is 13.1 Å². The molecule has 2 rings (SSSR count). The van der Waals surface area contributed by atoms with Crippen molar-refractivity contribution < 1.29 is 8.42 Å². The monoisotopic (exact) mass is 295 g/mol. The second kappa shape index (κ2) is 6.02. The lowest BCUT2D eigenvalue weighted by Crippen LogP contribution is -2.09. The summed E-state index contributed by atoms with van der Waals surface area (Å²) in [7, 11) is -3.72. The van der Waals surface area contributed by atoms with Gasteiger partial charge >= 0.3 is 0 Å². The third-order valence-electron chi connectivity index (χ3n) is 2.87. The van der Waals surface area contributed by atoms with Crippen molar-refractivity contribution in [1.82, 2.24) is 15.0 Å². The molecule has 0 atom stereocenters. The number of aromatic nitrogens is 3. The van der Waals surface area contributed by atoms with Crippen LogP contribution < -0.4 is 11.5 Å². The van der Waals surface area contributed by atoms with Crippen molar-refractivity contribution in [2.75, 3.05) is 12.3 Å². The first-order chi connectivity index (χ1) is 9.57. The number of hydrogen-bond donors (Lipinski definition) is 2. The molecule has 0 saturated heterocycles. The number of nitrogens with two attached hydrogens (primary N) is 2. The van der Waals surface area contributed by atoms with Crippen LogP contribution in [0.25, 0.3) is 0 Å². The summed E-state index contributed by atoms with van der Waals surface area (Å²) in [5.74, 6) is 0.0610. The lowest BCUT2D eigenvalue weighted by Gasteiger charge is -2.04. The molecule has 108 valence electrons. The maximum Gasteiger partial charge on any atom is 0.229 e. The van der Waals surface area contributed by atoms with E-state index in [1.807, 2.05) is 0 Å². The van der Waals surface area contributed by atoms with E-state index in [1.165, 1.54) is 16.8 Å². The van der Waals surface area contributed by atoms with Crippen LogP contribution in [0.5, 0.6) is 0 Å². The van der Waals surface area contributed by atoms with Gasteiger partial charge in [-0.2, -0.15) is 0 Å². The van der Waals surface area contributed by atoms with E-state index in [9.17, 15) is 8.42 Å². The molecule has 0 saturated carbocycles. The van der Waals surface area contributed by atoms with E-state index in [2.05, 4.69) is 10.3 Å². The van der Waals surface area contributed by atoms with Crippen LogP contribution >= 0.6 is 0 Å². The minimum Gasteiger partial charge on any atom is -0.381 e. The van der Waals surface area contributed by atoms with Crippen LogP contribution in [-0.2, 0) is 16.4 Å². The molecule has 1 aromatic carbocycles. The Bertz CT molecular complexity index is 666. The molecular formula is C12H17N5O2S. The van der Waals surface area contributed by atoms with Crippen LogP contribution in [0.4, 0.5) is 5.82 Å². The number of unbranched alkanes of at least 4 members (excludes halogenated alkanes) is 1. The second-order valence-corrected chi connectivity index (χ2v) is 6.18. The highest BCUT2D eigenvalue weighted by Crippen LogP contribution is 2.23. The van der Waals surface area contributed by atoms with Crippen molar-refractivity contribution >= 4 is 15.7 Å². The number of benzene rings is 1. The summed E-state index contributed by atoms with van der Waals surface area (Å²) in [6, 6.07) is 8.04. The zero-order chi connectivity index (χ0) is 14.6. The van der Waals surface area contributed by atoms with Gasteiger partial charge in [0.1, 0.15) is 0 Å². The van der Waals surface area contributed by atoms with Gasteiger partial charge in [-0.3, -0.25) is 0 Å². The fraction of sp³-hybridized carbons (Fsp3) is 0.333. The Kier molecular flexibility index (Phi) is 4.35. The van der Waals surface area contributed by atoms with Crippen LogP contribution in [0, 0.1) is 0 Å². The third kappa shape index (κ3) is 2.81. The van der Waals surface area contributed by atoms with Gasteiger partial charge in [0.2, 0.25) is 14.9 Å². The fourth-order valence-electron chi connectivity index (χ4n) is 1.78. The Morgan fingerprint density at radius 3 is 2.50 bits per heavy atom. The zero-order valence-corrected chi connectivity index (χ0v) is 11.8. The van der Waals surface area contributed by atoms with Gasteiger partial charge in [0, 0.05) is 6.54 Å². The summed E-state index contributed by atoms with van der Waals surface area (Å²) in [4.78, 5) is 0.153. The first-order valence-corrected chi connectivity index (χ1v) is 7.75. The van der Waals surface area contributed by atoms with E-state index in [0.717, 1.165) is 12.8 Å². The highest BCUT2D eigenvalue weighted by Gasteiger charge is 2.25. The van der Waals surface area contributed by atoms with Crippen LogP contribution in [0.15, 0.2) is 40.3 Å². The summed E-state index contributed by atoms with van der Waals surface area (Å²) in [6.45, 7) is 1.07. The Morgan fingerprint density at radius 2 is 1.85 bits per heavy atom. The van der Waals surface area contributed by atoms with E-state index in [0.29, 0.717) is 13.1 Å². The van der Waals surface area contributed by atoms with E-state index in [-0.39, 0.29) is 15.7 Å². The van der Waals surface area contributed by atoms with Gasteiger partial charge < -0.3 is 11.5 Å². The molecule has 0 amide bonds. The first-order valence-electron chi connectivity index (χ1n) is 6.26. The van der Waals surface area contributed by atoms with Crippen LogP contribution in [0.2, 0.25) is 0 Å². The minimum atomic E-state index is -3.72. The summed E-state index contributed by atoms with van der Waals surface area (Å²) in [6.07, 6.45) is 1.59. The molecule has 20 heavy (non-hydrogen) atoms. The SMILES string of the molecule is NCCCCn1nnc(S(=O)(=O)c2ccccc2)c1N. The molecule has 0 fully saturated rings. The molecule has 0 aliphatic carbocycles. The molecule has 0 aliphatic heterocycles. The zero-order valence-electron chi connectivity index (χ0n) is 10.9. The van der Waals surface area contributed by atoms with Crippen molar-refractivity contribution in [2.45, 2.75) is 29.3 Å². The number of nitrogen functional groups attached to an aromatic ring is 1. The summed E-state index contributed by atoms with van der Waals surface area (Å²) in [5, 5.41) is 7.31. The van der Waals surface area contributed by atoms with Crippen molar-refractivity contribution in [3.05, 3.63) is 30.3 Å². The topological polar surface area (TPSA) is 117 Å². The molecule has 4 N–H and O–H groups in total. The molecule has 7 nitrogen and oxygen atoms in total. The lowest BCUT2D eigenvalue weighted by molar-refractivity contribution is 0.550. The Morgan fingerprint density at radius 1 is 1.15 bits per heavy atom.